The van der Waals surface area contributed by atoms with Crippen LogP contribution in [0, 0.1) is 13.8 Å². The standard InChI is InChI=1S/C16H21ClN4O3S/c1-11-16(12(2)20-19-11)25(23,24)18-8-9-21(13(3)22)10-14-4-6-15(17)7-5-14/h4-7,18H,8-10H2,1-3H3,(H,19,20). The summed E-state index contributed by atoms with van der Waals surface area (Å²) in [7, 11) is -3.68. The molecule has 0 saturated heterocycles. The molecular weight excluding hydrogens is 364 g/mol. The van der Waals surface area contributed by atoms with Crippen molar-refractivity contribution in [1.29, 1.82) is 0 Å². The Morgan fingerprint density at radius 3 is 2.44 bits per heavy atom. The van der Waals surface area contributed by atoms with Gasteiger partial charge in [-0.05, 0) is 31.5 Å². The molecule has 1 heterocycles. The normalized spacial score (nSPS) is 11.5. The van der Waals surface area contributed by atoms with Crippen molar-refractivity contribution in [2.75, 3.05) is 13.1 Å². The van der Waals surface area contributed by atoms with E-state index in [-0.39, 0.29) is 23.9 Å². The number of aromatic nitrogens is 2. The van der Waals surface area contributed by atoms with Gasteiger partial charge in [0.2, 0.25) is 15.9 Å². The third kappa shape index (κ3) is 5.04. The Labute approximate surface area is 152 Å². The molecule has 0 aliphatic carbocycles. The quantitative estimate of drug-likeness (QED) is 0.763. The van der Waals surface area contributed by atoms with Crippen LogP contribution in [-0.4, -0.2) is 42.5 Å². The first kappa shape index (κ1) is 19.4. The van der Waals surface area contributed by atoms with Gasteiger partial charge in [0.1, 0.15) is 4.90 Å². The molecule has 0 saturated carbocycles. The largest absolute Gasteiger partial charge is 0.337 e. The summed E-state index contributed by atoms with van der Waals surface area (Å²) in [5, 5.41) is 7.17. The highest BCUT2D eigenvalue weighted by molar-refractivity contribution is 7.89. The van der Waals surface area contributed by atoms with E-state index >= 15 is 0 Å². The van der Waals surface area contributed by atoms with E-state index in [9.17, 15) is 13.2 Å². The molecule has 0 aliphatic heterocycles. The second kappa shape index (κ2) is 7.99. The number of benzene rings is 1. The van der Waals surface area contributed by atoms with Crippen LogP contribution in [0.25, 0.3) is 0 Å². The third-order valence-electron chi connectivity index (χ3n) is 3.74. The summed E-state index contributed by atoms with van der Waals surface area (Å²) in [5.74, 6) is -0.134. The van der Waals surface area contributed by atoms with Crippen LogP contribution in [0.5, 0.6) is 0 Å². The number of amides is 1. The number of rotatable bonds is 7. The van der Waals surface area contributed by atoms with E-state index in [4.69, 9.17) is 11.6 Å². The number of hydrogen-bond acceptors (Lipinski definition) is 4. The number of carbonyl (C=O) groups is 1. The zero-order valence-electron chi connectivity index (χ0n) is 14.3. The number of aryl methyl sites for hydroxylation is 2. The molecule has 0 radical (unpaired) electrons. The molecular formula is C16H21ClN4O3S. The minimum absolute atomic E-state index is 0.111. The van der Waals surface area contributed by atoms with Crippen molar-refractivity contribution in [2.24, 2.45) is 0 Å². The average molecular weight is 385 g/mol. The zero-order valence-corrected chi connectivity index (χ0v) is 15.9. The van der Waals surface area contributed by atoms with Gasteiger partial charge in [-0.2, -0.15) is 5.10 Å². The van der Waals surface area contributed by atoms with Crippen molar-refractivity contribution in [3.8, 4) is 0 Å². The number of nitrogens with zero attached hydrogens (tertiary/aromatic N) is 2. The number of hydrogen-bond donors (Lipinski definition) is 2. The minimum atomic E-state index is -3.68. The van der Waals surface area contributed by atoms with Crippen molar-refractivity contribution in [3.05, 3.63) is 46.2 Å². The van der Waals surface area contributed by atoms with Crippen LogP contribution >= 0.6 is 11.6 Å². The van der Waals surface area contributed by atoms with Gasteiger partial charge in [0.05, 0.1) is 11.4 Å². The van der Waals surface area contributed by atoms with Gasteiger partial charge < -0.3 is 4.90 Å². The van der Waals surface area contributed by atoms with Crippen LogP contribution in [0.1, 0.15) is 23.9 Å². The molecule has 1 amide bonds. The molecule has 9 heteroatoms. The molecule has 25 heavy (non-hydrogen) atoms. The Bertz CT molecular complexity index is 827. The maximum absolute atomic E-state index is 12.4. The lowest BCUT2D eigenvalue weighted by molar-refractivity contribution is -0.129. The summed E-state index contributed by atoms with van der Waals surface area (Å²) >= 11 is 5.85. The lowest BCUT2D eigenvalue weighted by atomic mass is 10.2. The molecule has 0 spiro atoms. The summed E-state index contributed by atoms with van der Waals surface area (Å²) < 4.78 is 27.3. The van der Waals surface area contributed by atoms with Crippen LogP contribution in [-0.2, 0) is 21.4 Å². The van der Waals surface area contributed by atoms with E-state index in [1.165, 1.54) is 6.92 Å². The fourth-order valence-corrected chi connectivity index (χ4v) is 4.00. The summed E-state index contributed by atoms with van der Waals surface area (Å²) in [4.78, 5) is 13.5. The molecule has 0 aliphatic rings. The smallest absolute Gasteiger partial charge is 0.244 e. The molecule has 2 rings (SSSR count). The zero-order chi connectivity index (χ0) is 18.6. The fraction of sp³-hybridized carbons (Fsp3) is 0.375. The number of aromatic amines is 1. The Hall–Kier alpha value is -1.90. The van der Waals surface area contributed by atoms with E-state index in [1.807, 2.05) is 12.1 Å². The summed E-state index contributed by atoms with van der Waals surface area (Å²) in [5.41, 5.74) is 1.81. The SMILES string of the molecule is CC(=O)N(CCNS(=O)(=O)c1c(C)n[nH]c1C)Cc1ccc(Cl)cc1. The molecule has 136 valence electrons. The highest BCUT2D eigenvalue weighted by atomic mass is 35.5. The van der Waals surface area contributed by atoms with E-state index in [2.05, 4.69) is 14.9 Å². The van der Waals surface area contributed by atoms with Crippen LogP contribution in [0.4, 0.5) is 0 Å². The number of nitrogens with one attached hydrogen (secondary N) is 2. The van der Waals surface area contributed by atoms with Gasteiger partial charge in [0.15, 0.2) is 0 Å². The van der Waals surface area contributed by atoms with Crippen LogP contribution in [0.2, 0.25) is 5.02 Å². The Morgan fingerprint density at radius 2 is 1.92 bits per heavy atom. The molecule has 0 fully saturated rings. The van der Waals surface area contributed by atoms with Crippen molar-refractivity contribution < 1.29 is 13.2 Å². The van der Waals surface area contributed by atoms with Crippen molar-refractivity contribution in [1.82, 2.24) is 19.8 Å². The molecule has 0 atom stereocenters. The van der Waals surface area contributed by atoms with Crippen LogP contribution in [0.15, 0.2) is 29.2 Å². The van der Waals surface area contributed by atoms with Gasteiger partial charge >= 0.3 is 0 Å². The first-order valence-corrected chi connectivity index (χ1v) is 9.58. The average Bonchev–Trinajstić information content (AvgIpc) is 2.87. The predicted molar refractivity (Wildman–Crippen MR) is 95.8 cm³/mol. The molecule has 2 aromatic rings. The van der Waals surface area contributed by atoms with E-state index < -0.39 is 10.0 Å². The van der Waals surface area contributed by atoms with Gasteiger partial charge in [-0.15, -0.1) is 0 Å². The lowest BCUT2D eigenvalue weighted by Crippen LogP contribution is -2.37. The number of sulfonamides is 1. The second-order valence-corrected chi connectivity index (χ2v) is 7.87. The van der Waals surface area contributed by atoms with Gasteiger partial charge in [-0.3, -0.25) is 9.89 Å². The van der Waals surface area contributed by atoms with Gasteiger partial charge in [-0.1, -0.05) is 23.7 Å². The van der Waals surface area contributed by atoms with Crippen LogP contribution < -0.4 is 4.72 Å². The molecule has 2 N–H and O–H groups in total. The van der Waals surface area contributed by atoms with Crippen molar-refractivity contribution in [3.63, 3.8) is 0 Å². The van der Waals surface area contributed by atoms with E-state index in [0.717, 1.165) is 5.56 Å². The summed E-state index contributed by atoms with van der Waals surface area (Å²) in [6.07, 6.45) is 0. The maximum atomic E-state index is 12.4. The highest BCUT2D eigenvalue weighted by Crippen LogP contribution is 2.16. The topological polar surface area (TPSA) is 95.2 Å². The number of halogens is 1. The first-order valence-electron chi connectivity index (χ1n) is 7.72. The summed E-state index contributed by atoms with van der Waals surface area (Å²) in [6, 6.07) is 7.17. The van der Waals surface area contributed by atoms with Gasteiger partial charge in [0, 0.05) is 31.6 Å². The van der Waals surface area contributed by atoms with Crippen molar-refractivity contribution in [2.45, 2.75) is 32.2 Å². The first-order chi connectivity index (χ1) is 11.7. The van der Waals surface area contributed by atoms with E-state index in [0.29, 0.717) is 23.0 Å². The summed E-state index contributed by atoms with van der Waals surface area (Å²) in [6.45, 7) is 5.48. The molecule has 0 unspecified atom stereocenters. The van der Waals surface area contributed by atoms with E-state index in [1.54, 1.807) is 30.9 Å². The maximum Gasteiger partial charge on any atom is 0.244 e. The molecule has 1 aromatic carbocycles. The molecule has 0 bridgehead atoms. The Kier molecular flexibility index (Phi) is 6.21. The Balaban J connectivity index is 1.99. The van der Waals surface area contributed by atoms with Gasteiger partial charge in [0.25, 0.3) is 0 Å². The molecule has 7 nitrogen and oxygen atoms in total. The van der Waals surface area contributed by atoms with Crippen molar-refractivity contribution >= 4 is 27.5 Å². The predicted octanol–water partition coefficient (Wildman–Crippen LogP) is 2.01. The number of carbonyl (C=O) groups excluding carboxylic acids is 1. The Morgan fingerprint density at radius 1 is 1.28 bits per heavy atom. The molecule has 1 aromatic heterocycles. The van der Waals surface area contributed by atoms with Gasteiger partial charge in [-0.25, -0.2) is 13.1 Å². The second-order valence-electron chi connectivity index (χ2n) is 5.73. The monoisotopic (exact) mass is 384 g/mol. The third-order valence-corrected chi connectivity index (χ3v) is 5.71. The highest BCUT2D eigenvalue weighted by Gasteiger charge is 2.22. The van der Waals surface area contributed by atoms with Crippen LogP contribution in [0.3, 0.4) is 0 Å². The fourth-order valence-electron chi connectivity index (χ4n) is 2.48. The number of H-pyrrole nitrogens is 1. The minimum Gasteiger partial charge on any atom is -0.337 e. The lowest BCUT2D eigenvalue weighted by Gasteiger charge is -2.21.